The van der Waals surface area contributed by atoms with Crippen LogP contribution in [0.2, 0.25) is 5.02 Å². The number of rotatable bonds is 11. The van der Waals surface area contributed by atoms with Crippen molar-refractivity contribution in [1.29, 1.82) is 0 Å². The molecule has 4 rings (SSSR count). The third-order valence-electron chi connectivity index (χ3n) is 5.24. The first-order valence-corrected chi connectivity index (χ1v) is 12.2. The van der Waals surface area contributed by atoms with Gasteiger partial charge in [0.15, 0.2) is 11.0 Å². The van der Waals surface area contributed by atoms with Crippen LogP contribution in [0.4, 0.5) is 0 Å². The number of nitrogens with zero attached hydrogens (tertiary/aromatic N) is 3. The van der Waals surface area contributed by atoms with E-state index < -0.39 is 0 Å². The van der Waals surface area contributed by atoms with Crippen molar-refractivity contribution >= 4 is 23.4 Å². The highest BCUT2D eigenvalue weighted by atomic mass is 35.5. The van der Waals surface area contributed by atoms with Gasteiger partial charge in [-0.25, -0.2) is 0 Å². The summed E-state index contributed by atoms with van der Waals surface area (Å²) in [4.78, 5) is 0. The van der Waals surface area contributed by atoms with Gasteiger partial charge < -0.3 is 18.8 Å². The normalized spacial score (nSPS) is 10.9. The number of methoxy groups -OCH3 is 2. The molecular weight excluding hydrogens is 470 g/mol. The molecule has 34 heavy (non-hydrogen) atoms. The first kappa shape index (κ1) is 24.1. The lowest BCUT2D eigenvalue weighted by atomic mass is 10.1. The van der Waals surface area contributed by atoms with Crippen LogP contribution in [-0.4, -0.2) is 35.6 Å². The SMILES string of the molecule is COCCn1c(COc2ccccc2-c2ccccc2)nnc1SCc1cc(Cl)ccc1OC. The van der Waals surface area contributed by atoms with Crippen LogP contribution in [0.15, 0.2) is 78.0 Å². The molecule has 0 bridgehead atoms. The molecule has 0 atom stereocenters. The van der Waals surface area contributed by atoms with Gasteiger partial charge in [-0.2, -0.15) is 0 Å². The zero-order valence-electron chi connectivity index (χ0n) is 19.1. The molecule has 0 aliphatic carbocycles. The molecule has 0 spiro atoms. The summed E-state index contributed by atoms with van der Waals surface area (Å²) in [5, 5.41) is 10.3. The topological polar surface area (TPSA) is 58.4 Å². The summed E-state index contributed by atoms with van der Waals surface area (Å²) in [7, 11) is 3.33. The number of halogens is 1. The molecule has 1 heterocycles. The van der Waals surface area contributed by atoms with Gasteiger partial charge in [0, 0.05) is 35.6 Å². The summed E-state index contributed by atoms with van der Waals surface area (Å²) < 4.78 is 19.0. The van der Waals surface area contributed by atoms with Crippen molar-refractivity contribution < 1.29 is 14.2 Å². The molecule has 0 saturated carbocycles. The van der Waals surface area contributed by atoms with Crippen LogP contribution in [0.25, 0.3) is 11.1 Å². The summed E-state index contributed by atoms with van der Waals surface area (Å²) in [6, 6.07) is 23.8. The molecule has 0 fully saturated rings. The van der Waals surface area contributed by atoms with E-state index in [4.69, 9.17) is 25.8 Å². The van der Waals surface area contributed by atoms with Gasteiger partial charge in [0.25, 0.3) is 0 Å². The molecule has 4 aromatic rings. The molecule has 0 N–H and O–H groups in total. The van der Waals surface area contributed by atoms with Gasteiger partial charge in [0.05, 0.1) is 13.7 Å². The fourth-order valence-electron chi connectivity index (χ4n) is 3.53. The lowest BCUT2D eigenvalue weighted by molar-refractivity contribution is 0.181. The zero-order chi connectivity index (χ0) is 23.8. The molecule has 1 aromatic heterocycles. The molecule has 0 amide bonds. The predicted molar refractivity (Wildman–Crippen MR) is 136 cm³/mol. The van der Waals surface area contributed by atoms with Gasteiger partial charge in [0.2, 0.25) is 0 Å². The molecule has 0 unspecified atom stereocenters. The zero-order valence-corrected chi connectivity index (χ0v) is 20.7. The number of hydrogen-bond donors (Lipinski definition) is 0. The quantitative estimate of drug-likeness (QED) is 0.233. The van der Waals surface area contributed by atoms with Crippen molar-refractivity contribution in [3.8, 4) is 22.6 Å². The van der Waals surface area contributed by atoms with Crippen molar-refractivity contribution in [3.63, 3.8) is 0 Å². The molecule has 0 aliphatic rings. The molecule has 3 aromatic carbocycles. The number of ether oxygens (including phenoxy) is 3. The van der Waals surface area contributed by atoms with Crippen molar-refractivity contribution in [3.05, 3.63) is 89.2 Å². The number of para-hydroxylation sites is 1. The largest absolute Gasteiger partial charge is 0.496 e. The minimum atomic E-state index is 0.293. The average Bonchev–Trinajstić information content (AvgIpc) is 3.27. The third kappa shape index (κ3) is 5.91. The van der Waals surface area contributed by atoms with Crippen molar-refractivity contribution in [1.82, 2.24) is 14.8 Å². The Balaban J connectivity index is 1.52. The highest BCUT2D eigenvalue weighted by Crippen LogP contribution is 2.32. The van der Waals surface area contributed by atoms with Gasteiger partial charge in [-0.05, 0) is 29.8 Å². The Labute approximate surface area is 208 Å². The van der Waals surface area contributed by atoms with E-state index in [1.54, 1.807) is 26.0 Å². The van der Waals surface area contributed by atoms with Gasteiger partial charge in [-0.3, -0.25) is 0 Å². The van der Waals surface area contributed by atoms with E-state index in [0.717, 1.165) is 39.2 Å². The van der Waals surface area contributed by atoms with Gasteiger partial charge in [-0.1, -0.05) is 71.9 Å². The summed E-state index contributed by atoms with van der Waals surface area (Å²) in [6.07, 6.45) is 0. The molecule has 8 heteroatoms. The summed E-state index contributed by atoms with van der Waals surface area (Å²) in [6.45, 7) is 1.46. The van der Waals surface area contributed by atoms with Crippen LogP contribution in [-0.2, 0) is 23.6 Å². The van der Waals surface area contributed by atoms with Crippen molar-refractivity contribution in [2.24, 2.45) is 0 Å². The molecule has 176 valence electrons. The molecule has 0 saturated heterocycles. The van der Waals surface area contributed by atoms with Crippen LogP contribution in [0, 0.1) is 0 Å². The maximum absolute atomic E-state index is 6.22. The van der Waals surface area contributed by atoms with Crippen molar-refractivity contribution in [2.75, 3.05) is 20.8 Å². The first-order chi connectivity index (χ1) is 16.7. The second-order valence-electron chi connectivity index (χ2n) is 7.44. The standard InChI is InChI=1S/C26H26ClN3O3S/c1-31-15-14-30-25(17-33-24-11-7-6-10-22(24)19-8-4-3-5-9-19)28-29-26(30)34-18-20-16-21(27)12-13-23(20)32-2/h3-13,16H,14-15,17-18H2,1-2H3. The van der Waals surface area contributed by atoms with Crippen LogP contribution >= 0.6 is 23.4 Å². The van der Waals surface area contributed by atoms with Crippen molar-refractivity contribution in [2.45, 2.75) is 24.1 Å². The monoisotopic (exact) mass is 495 g/mol. The Hall–Kier alpha value is -3.00. The van der Waals surface area contributed by atoms with Crippen LogP contribution in [0.1, 0.15) is 11.4 Å². The average molecular weight is 496 g/mol. The second kappa shape index (κ2) is 11.9. The molecule has 0 aliphatic heterocycles. The third-order valence-corrected chi connectivity index (χ3v) is 6.49. The lowest BCUT2D eigenvalue weighted by Gasteiger charge is -2.13. The van der Waals surface area contributed by atoms with Crippen LogP contribution < -0.4 is 9.47 Å². The smallest absolute Gasteiger partial charge is 0.191 e. The fourth-order valence-corrected chi connectivity index (χ4v) is 4.69. The van der Waals surface area contributed by atoms with E-state index in [0.29, 0.717) is 30.5 Å². The maximum atomic E-state index is 6.22. The van der Waals surface area contributed by atoms with Gasteiger partial charge >= 0.3 is 0 Å². The Kier molecular flexibility index (Phi) is 8.46. The van der Waals surface area contributed by atoms with Crippen LogP contribution in [0.3, 0.4) is 0 Å². The Morgan fingerprint density at radius 1 is 0.912 bits per heavy atom. The minimum absolute atomic E-state index is 0.293. The van der Waals surface area contributed by atoms with E-state index in [-0.39, 0.29) is 0 Å². The summed E-state index contributed by atoms with van der Waals surface area (Å²) in [5.41, 5.74) is 3.13. The molecular formula is C26H26ClN3O3S. The Morgan fingerprint density at radius 2 is 1.71 bits per heavy atom. The van der Waals surface area contributed by atoms with E-state index in [2.05, 4.69) is 28.4 Å². The van der Waals surface area contributed by atoms with E-state index in [1.165, 1.54) is 0 Å². The molecule has 6 nitrogen and oxygen atoms in total. The van der Waals surface area contributed by atoms with E-state index in [9.17, 15) is 0 Å². The number of thioether (sulfide) groups is 1. The first-order valence-electron chi connectivity index (χ1n) is 10.8. The number of benzene rings is 3. The fraction of sp³-hybridized carbons (Fsp3) is 0.231. The maximum Gasteiger partial charge on any atom is 0.191 e. The summed E-state index contributed by atoms with van der Waals surface area (Å²) >= 11 is 7.76. The van der Waals surface area contributed by atoms with E-state index in [1.807, 2.05) is 59.2 Å². The van der Waals surface area contributed by atoms with Gasteiger partial charge in [0.1, 0.15) is 18.1 Å². The van der Waals surface area contributed by atoms with Gasteiger partial charge in [-0.15, -0.1) is 10.2 Å². The Bertz CT molecular complexity index is 1220. The Morgan fingerprint density at radius 3 is 2.50 bits per heavy atom. The second-order valence-corrected chi connectivity index (χ2v) is 8.82. The molecule has 0 radical (unpaired) electrons. The number of aromatic nitrogens is 3. The minimum Gasteiger partial charge on any atom is -0.496 e. The lowest BCUT2D eigenvalue weighted by Crippen LogP contribution is -2.12. The number of hydrogen-bond acceptors (Lipinski definition) is 6. The summed E-state index contributed by atoms with van der Waals surface area (Å²) in [5.74, 6) is 2.97. The van der Waals surface area contributed by atoms with E-state index >= 15 is 0 Å². The predicted octanol–water partition coefficient (Wildman–Crippen LogP) is 6.12. The van der Waals surface area contributed by atoms with Crippen LogP contribution in [0.5, 0.6) is 11.5 Å². The highest BCUT2D eigenvalue weighted by Gasteiger charge is 2.16. The highest BCUT2D eigenvalue weighted by molar-refractivity contribution is 7.98.